The first-order chi connectivity index (χ1) is 5.83. The third-order valence-electron chi connectivity index (χ3n) is 1.98. The van der Waals surface area contributed by atoms with E-state index in [9.17, 15) is 0 Å². The molecule has 0 aliphatic carbocycles. The third kappa shape index (κ3) is 3.05. The molecule has 1 unspecified atom stereocenters. The monoisotopic (exact) mass is 165 g/mol. The van der Waals surface area contributed by atoms with Crippen molar-refractivity contribution in [2.24, 2.45) is 5.92 Å². The molecule has 0 aliphatic rings. The van der Waals surface area contributed by atoms with Crippen molar-refractivity contribution in [1.82, 2.24) is 5.32 Å². The van der Waals surface area contributed by atoms with Crippen molar-refractivity contribution in [3.05, 3.63) is 35.9 Å². The molecule has 0 aromatic heterocycles. The highest BCUT2D eigenvalue weighted by Gasteiger charge is 2.00. The number of hydrogen-bond donors (Lipinski definition) is 1. The molecule has 1 aromatic rings. The highest BCUT2D eigenvalue weighted by atomic mass is 14.8. The van der Waals surface area contributed by atoms with Crippen LogP contribution < -0.4 is 5.32 Å². The molecule has 1 heteroatoms. The summed E-state index contributed by atoms with van der Waals surface area (Å²) >= 11 is 0. The molecular formula is C11H19N. The fraction of sp³-hybridized carbons (Fsp3) is 0.455. The summed E-state index contributed by atoms with van der Waals surface area (Å²) in [6, 6.07) is 10.6. The largest absolute Gasteiger partial charge is 0.319 e. The molecular weight excluding hydrogens is 146 g/mol. The zero-order chi connectivity index (χ0) is 8.81. The molecule has 0 saturated heterocycles. The van der Waals surface area contributed by atoms with E-state index >= 15 is 0 Å². The molecule has 68 valence electrons. The van der Waals surface area contributed by atoms with E-state index in [1.807, 2.05) is 7.05 Å². The summed E-state index contributed by atoms with van der Waals surface area (Å²) in [6.07, 6.45) is 1.17. The molecule has 0 spiro atoms. The van der Waals surface area contributed by atoms with E-state index in [-0.39, 0.29) is 1.43 Å². The van der Waals surface area contributed by atoms with Gasteiger partial charge in [-0.1, -0.05) is 37.3 Å². The summed E-state index contributed by atoms with van der Waals surface area (Å²) in [6.45, 7) is 3.36. The molecule has 1 atom stereocenters. The van der Waals surface area contributed by atoms with Crippen LogP contribution in [0.25, 0.3) is 0 Å². The average Bonchev–Trinajstić information content (AvgIpc) is 2.06. The van der Waals surface area contributed by atoms with E-state index in [0.29, 0.717) is 0 Å². The zero-order valence-corrected chi connectivity index (χ0v) is 7.88. The third-order valence-corrected chi connectivity index (χ3v) is 1.98. The Morgan fingerprint density at radius 3 is 2.58 bits per heavy atom. The van der Waals surface area contributed by atoms with E-state index in [0.717, 1.165) is 12.5 Å². The Morgan fingerprint density at radius 1 is 1.33 bits per heavy atom. The summed E-state index contributed by atoms with van der Waals surface area (Å²) in [7, 11) is 2.00. The summed E-state index contributed by atoms with van der Waals surface area (Å²) in [4.78, 5) is 0. The second kappa shape index (κ2) is 4.94. The van der Waals surface area contributed by atoms with Crippen LogP contribution in [0.5, 0.6) is 0 Å². The Kier molecular flexibility index (Phi) is 3.81. The van der Waals surface area contributed by atoms with Gasteiger partial charge in [0.25, 0.3) is 0 Å². The van der Waals surface area contributed by atoms with Crippen LogP contribution in [0, 0.1) is 5.92 Å². The highest BCUT2D eigenvalue weighted by molar-refractivity contribution is 5.15. The van der Waals surface area contributed by atoms with Crippen LogP contribution >= 0.6 is 0 Å². The summed E-state index contributed by atoms with van der Waals surface area (Å²) in [5, 5.41) is 3.19. The molecule has 0 heterocycles. The lowest BCUT2D eigenvalue weighted by molar-refractivity contribution is 0.542. The Bertz CT molecular complexity index is 211. The maximum Gasteiger partial charge on any atom is 0 e. The van der Waals surface area contributed by atoms with Crippen LogP contribution in [0.15, 0.2) is 30.3 Å². The van der Waals surface area contributed by atoms with E-state index in [1.165, 1.54) is 12.0 Å². The summed E-state index contributed by atoms with van der Waals surface area (Å²) < 4.78 is 0. The highest BCUT2D eigenvalue weighted by Crippen LogP contribution is 2.06. The van der Waals surface area contributed by atoms with Gasteiger partial charge in [-0.2, -0.15) is 0 Å². The van der Waals surface area contributed by atoms with Gasteiger partial charge in [0.05, 0.1) is 0 Å². The van der Waals surface area contributed by atoms with Crippen molar-refractivity contribution < 1.29 is 1.43 Å². The number of hydrogen-bond acceptors (Lipinski definition) is 1. The predicted molar refractivity (Wildman–Crippen MR) is 55.4 cm³/mol. The molecule has 1 rings (SSSR count). The standard InChI is InChI=1S/C11H17N.H2/c1-10(9-12-2)8-11-6-4-3-5-7-11;/h3-7,10,12H,8-9H2,1-2H3;1H. The molecule has 0 bridgehead atoms. The van der Waals surface area contributed by atoms with Gasteiger partial charge in [-0.25, -0.2) is 0 Å². The van der Waals surface area contributed by atoms with Gasteiger partial charge < -0.3 is 5.32 Å². The van der Waals surface area contributed by atoms with Crippen LogP contribution in [0.2, 0.25) is 0 Å². The summed E-state index contributed by atoms with van der Waals surface area (Å²) in [5.41, 5.74) is 1.43. The smallest absolute Gasteiger partial charge is 0 e. The van der Waals surface area contributed by atoms with Gasteiger partial charge in [-0.15, -0.1) is 0 Å². The van der Waals surface area contributed by atoms with E-state index in [1.54, 1.807) is 0 Å². The lowest BCUT2D eigenvalue weighted by Crippen LogP contribution is -2.17. The number of nitrogens with one attached hydrogen (secondary N) is 1. The Balaban J connectivity index is 0.00000144. The normalized spacial score (nSPS) is 12.8. The minimum absolute atomic E-state index is 0. The van der Waals surface area contributed by atoms with Crippen LogP contribution in [0.4, 0.5) is 0 Å². The van der Waals surface area contributed by atoms with Crippen molar-refractivity contribution in [2.45, 2.75) is 13.3 Å². The summed E-state index contributed by atoms with van der Waals surface area (Å²) in [5.74, 6) is 0.720. The quantitative estimate of drug-likeness (QED) is 0.722. The molecule has 1 aromatic carbocycles. The molecule has 0 amide bonds. The minimum Gasteiger partial charge on any atom is -0.319 e. The predicted octanol–water partition coefficient (Wildman–Crippen LogP) is 2.33. The lowest BCUT2D eigenvalue weighted by Gasteiger charge is -2.09. The molecule has 1 N–H and O–H groups in total. The van der Waals surface area contributed by atoms with Crippen LogP contribution in [-0.4, -0.2) is 13.6 Å². The fourth-order valence-electron chi connectivity index (χ4n) is 1.44. The van der Waals surface area contributed by atoms with E-state index in [4.69, 9.17) is 0 Å². The first-order valence-corrected chi connectivity index (χ1v) is 4.51. The van der Waals surface area contributed by atoms with Crippen molar-refractivity contribution in [1.29, 1.82) is 0 Å². The van der Waals surface area contributed by atoms with Crippen molar-refractivity contribution in [3.63, 3.8) is 0 Å². The lowest BCUT2D eigenvalue weighted by atomic mass is 10.0. The Labute approximate surface area is 76.3 Å². The van der Waals surface area contributed by atoms with Gasteiger partial charge >= 0.3 is 0 Å². The maximum absolute atomic E-state index is 3.19. The van der Waals surface area contributed by atoms with Crippen LogP contribution in [0.3, 0.4) is 0 Å². The number of rotatable bonds is 4. The second-order valence-corrected chi connectivity index (χ2v) is 3.35. The van der Waals surface area contributed by atoms with Gasteiger partial charge in [0.2, 0.25) is 0 Å². The molecule has 0 aliphatic heterocycles. The van der Waals surface area contributed by atoms with Gasteiger partial charge in [-0.3, -0.25) is 0 Å². The number of benzene rings is 1. The van der Waals surface area contributed by atoms with Crippen LogP contribution in [0.1, 0.15) is 13.9 Å². The molecule has 12 heavy (non-hydrogen) atoms. The molecule has 1 nitrogen and oxygen atoms in total. The first-order valence-electron chi connectivity index (χ1n) is 4.51. The molecule has 0 radical (unpaired) electrons. The first kappa shape index (κ1) is 9.27. The van der Waals surface area contributed by atoms with Gasteiger partial charge in [0.15, 0.2) is 0 Å². The van der Waals surface area contributed by atoms with E-state index in [2.05, 4.69) is 42.6 Å². The SMILES string of the molecule is CNCC(C)Cc1ccccc1.[HH]. The van der Waals surface area contributed by atoms with Gasteiger partial charge in [0.1, 0.15) is 0 Å². The average molecular weight is 165 g/mol. The topological polar surface area (TPSA) is 12.0 Å². The Hall–Kier alpha value is -0.820. The second-order valence-electron chi connectivity index (χ2n) is 3.35. The van der Waals surface area contributed by atoms with Gasteiger partial charge in [0, 0.05) is 1.43 Å². The van der Waals surface area contributed by atoms with Crippen LogP contribution in [-0.2, 0) is 6.42 Å². The molecule has 0 saturated carbocycles. The zero-order valence-electron chi connectivity index (χ0n) is 7.88. The van der Waals surface area contributed by atoms with E-state index < -0.39 is 0 Å². The Morgan fingerprint density at radius 2 is 2.00 bits per heavy atom. The maximum atomic E-state index is 3.19. The minimum atomic E-state index is 0. The van der Waals surface area contributed by atoms with Crippen molar-refractivity contribution >= 4 is 0 Å². The molecule has 0 fully saturated rings. The van der Waals surface area contributed by atoms with Gasteiger partial charge in [-0.05, 0) is 31.5 Å². The van der Waals surface area contributed by atoms with Crippen molar-refractivity contribution in [2.75, 3.05) is 13.6 Å². The van der Waals surface area contributed by atoms with Crippen molar-refractivity contribution in [3.8, 4) is 0 Å². The fourth-order valence-corrected chi connectivity index (χ4v) is 1.44.